The van der Waals surface area contributed by atoms with E-state index in [0.29, 0.717) is 43.4 Å². The third kappa shape index (κ3) is 3.15. The highest BCUT2D eigenvalue weighted by atomic mass is 19.1. The lowest BCUT2D eigenvalue weighted by Gasteiger charge is -2.27. The van der Waals surface area contributed by atoms with Crippen LogP contribution in [0.2, 0.25) is 0 Å². The number of hydrogen-bond donors (Lipinski definition) is 1. The number of fused-ring (bicyclic) bond motifs is 1. The topological polar surface area (TPSA) is 88.9 Å². The molecule has 9 heteroatoms. The molecule has 1 saturated heterocycles. The Balaban J connectivity index is 1.43. The third-order valence-corrected chi connectivity index (χ3v) is 4.95. The highest BCUT2D eigenvalue weighted by Gasteiger charge is 2.22. The van der Waals surface area contributed by atoms with E-state index in [0.717, 1.165) is 10.9 Å². The van der Waals surface area contributed by atoms with E-state index in [2.05, 4.69) is 20.5 Å². The molecule has 0 spiro atoms. The highest BCUT2D eigenvalue weighted by Crippen LogP contribution is 2.25. The van der Waals surface area contributed by atoms with Crippen LogP contribution in [0.15, 0.2) is 48.7 Å². The van der Waals surface area contributed by atoms with Gasteiger partial charge >= 0.3 is 0 Å². The molecule has 1 aliphatic rings. The van der Waals surface area contributed by atoms with Gasteiger partial charge in [-0.25, -0.2) is 9.07 Å². The van der Waals surface area contributed by atoms with Crippen molar-refractivity contribution >= 4 is 16.8 Å². The van der Waals surface area contributed by atoms with Crippen LogP contribution >= 0.6 is 0 Å². The van der Waals surface area contributed by atoms with E-state index in [4.69, 9.17) is 4.74 Å². The van der Waals surface area contributed by atoms with Gasteiger partial charge in [0.25, 0.3) is 5.91 Å². The van der Waals surface area contributed by atoms with Crippen LogP contribution in [0.5, 0.6) is 0 Å². The summed E-state index contributed by atoms with van der Waals surface area (Å²) in [5.74, 6) is -0.930. The number of aromatic amines is 1. The van der Waals surface area contributed by atoms with Gasteiger partial charge in [0.1, 0.15) is 17.2 Å². The van der Waals surface area contributed by atoms with Crippen molar-refractivity contribution < 1.29 is 13.9 Å². The average molecular weight is 392 g/mol. The molecule has 1 amide bonds. The van der Waals surface area contributed by atoms with Crippen LogP contribution in [0.1, 0.15) is 10.4 Å². The summed E-state index contributed by atoms with van der Waals surface area (Å²) in [5.41, 5.74) is 2.64. The highest BCUT2D eigenvalue weighted by molar-refractivity contribution is 5.95. The van der Waals surface area contributed by atoms with Crippen molar-refractivity contribution in [2.24, 2.45) is 0 Å². The van der Waals surface area contributed by atoms with E-state index in [9.17, 15) is 9.18 Å². The maximum atomic E-state index is 14.7. The minimum absolute atomic E-state index is 0.0364. The van der Waals surface area contributed by atoms with Gasteiger partial charge in [-0.3, -0.25) is 9.89 Å². The second-order valence-corrected chi connectivity index (χ2v) is 6.73. The van der Waals surface area contributed by atoms with Crippen molar-refractivity contribution in [2.45, 2.75) is 0 Å². The second-order valence-electron chi connectivity index (χ2n) is 6.73. The van der Waals surface area contributed by atoms with Crippen LogP contribution in [0, 0.1) is 5.82 Å². The van der Waals surface area contributed by atoms with E-state index in [1.807, 2.05) is 24.3 Å². The summed E-state index contributed by atoms with van der Waals surface area (Å²) in [6.07, 6.45) is 1.68. The van der Waals surface area contributed by atoms with Crippen molar-refractivity contribution in [2.75, 3.05) is 26.3 Å². The molecule has 146 valence electrons. The quantitative estimate of drug-likeness (QED) is 0.578. The van der Waals surface area contributed by atoms with Gasteiger partial charge in [-0.05, 0) is 18.2 Å². The molecule has 2 aromatic carbocycles. The number of hydrogen-bond acceptors (Lipinski definition) is 5. The van der Waals surface area contributed by atoms with Crippen LogP contribution in [0.3, 0.4) is 0 Å². The maximum absolute atomic E-state index is 14.7. The van der Waals surface area contributed by atoms with Gasteiger partial charge in [0.2, 0.25) is 0 Å². The number of ether oxygens (including phenoxy) is 1. The number of benzene rings is 2. The molecule has 3 heterocycles. The minimum Gasteiger partial charge on any atom is -0.378 e. The minimum atomic E-state index is -0.596. The summed E-state index contributed by atoms with van der Waals surface area (Å²) in [4.78, 5) is 14.1. The molecule has 0 unspecified atom stereocenters. The monoisotopic (exact) mass is 392 g/mol. The largest absolute Gasteiger partial charge is 0.378 e. The average Bonchev–Trinajstić information content (AvgIpc) is 3.41. The fourth-order valence-electron chi connectivity index (χ4n) is 3.41. The number of aromatic nitrogens is 5. The molecule has 1 aliphatic heterocycles. The number of H-pyrrole nitrogens is 1. The summed E-state index contributed by atoms with van der Waals surface area (Å²) in [5, 5.41) is 16.4. The molecule has 0 radical (unpaired) electrons. The number of rotatable bonds is 3. The lowest BCUT2D eigenvalue weighted by molar-refractivity contribution is 0.0300. The Morgan fingerprint density at radius 3 is 2.79 bits per heavy atom. The molecule has 5 rings (SSSR count). The zero-order chi connectivity index (χ0) is 19.8. The van der Waals surface area contributed by atoms with E-state index in [1.165, 1.54) is 16.8 Å². The Hall–Kier alpha value is -3.59. The molecule has 1 fully saturated rings. The lowest BCUT2D eigenvalue weighted by atomic mass is 10.1. The summed E-state index contributed by atoms with van der Waals surface area (Å²) < 4.78 is 21.4. The van der Waals surface area contributed by atoms with Crippen molar-refractivity contribution in [3.05, 3.63) is 60.0 Å². The molecule has 0 atom stereocenters. The van der Waals surface area contributed by atoms with Crippen LogP contribution in [-0.2, 0) is 4.74 Å². The number of nitrogens with zero attached hydrogens (tertiary/aromatic N) is 5. The van der Waals surface area contributed by atoms with Crippen molar-refractivity contribution in [3.8, 4) is 17.1 Å². The van der Waals surface area contributed by atoms with Gasteiger partial charge in [-0.1, -0.05) is 23.4 Å². The molecular formula is C20H17FN6O2. The van der Waals surface area contributed by atoms with Crippen LogP contribution in [0.25, 0.3) is 28.0 Å². The van der Waals surface area contributed by atoms with Gasteiger partial charge in [0, 0.05) is 24.5 Å². The SMILES string of the molecule is O=C(c1ccc(-n2cc(-c3n[nH]c4ccccc34)nn2)cc1F)N1CCOCC1. The number of morpholine rings is 1. The smallest absolute Gasteiger partial charge is 0.256 e. The van der Waals surface area contributed by atoms with E-state index in [1.54, 1.807) is 17.2 Å². The Kier molecular flexibility index (Phi) is 4.28. The van der Waals surface area contributed by atoms with Gasteiger partial charge in [0.05, 0.1) is 36.2 Å². The summed E-state index contributed by atoms with van der Waals surface area (Å²) in [6, 6.07) is 12.1. The lowest BCUT2D eigenvalue weighted by Crippen LogP contribution is -2.41. The van der Waals surface area contributed by atoms with Gasteiger partial charge < -0.3 is 9.64 Å². The first-order valence-corrected chi connectivity index (χ1v) is 9.23. The fourth-order valence-corrected chi connectivity index (χ4v) is 3.41. The van der Waals surface area contributed by atoms with E-state index >= 15 is 0 Å². The van der Waals surface area contributed by atoms with E-state index < -0.39 is 5.82 Å². The fraction of sp³-hybridized carbons (Fsp3) is 0.200. The number of para-hydroxylation sites is 1. The van der Waals surface area contributed by atoms with Crippen LogP contribution < -0.4 is 0 Å². The molecule has 0 bridgehead atoms. The number of carbonyl (C=O) groups excluding carboxylic acids is 1. The summed E-state index contributed by atoms with van der Waals surface area (Å²) in [7, 11) is 0. The summed E-state index contributed by atoms with van der Waals surface area (Å²) >= 11 is 0. The van der Waals surface area contributed by atoms with E-state index in [-0.39, 0.29) is 11.5 Å². The Morgan fingerprint density at radius 1 is 1.14 bits per heavy atom. The molecule has 0 saturated carbocycles. The number of nitrogens with one attached hydrogen (secondary N) is 1. The zero-order valence-corrected chi connectivity index (χ0v) is 15.4. The second kappa shape index (κ2) is 7.10. The molecule has 2 aromatic heterocycles. The Morgan fingerprint density at radius 2 is 1.97 bits per heavy atom. The predicted octanol–water partition coefficient (Wildman–Crippen LogP) is 2.42. The normalized spacial score (nSPS) is 14.4. The Bertz CT molecular complexity index is 1190. The summed E-state index contributed by atoms with van der Waals surface area (Å²) in [6.45, 7) is 1.86. The van der Waals surface area contributed by atoms with Crippen molar-refractivity contribution in [3.63, 3.8) is 0 Å². The van der Waals surface area contributed by atoms with Crippen molar-refractivity contribution in [1.29, 1.82) is 0 Å². The number of carbonyl (C=O) groups is 1. The number of amides is 1. The predicted molar refractivity (Wildman–Crippen MR) is 103 cm³/mol. The molecular weight excluding hydrogens is 375 g/mol. The first kappa shape index (κ1) is 17.5. The molecule has 1 N–H and O–H groups in total. The number of halogens is 1. The first-order chi connectivity index (χ1) is 14.2. The van der Waals surface area contributed by atoms with Gasteiger partial charge in [0.15, 0.2) is 0 Å². The Labute approximate surface area is 164 Å². The van der Waals surface area contributed by atoms with Crippen LogP contribution in [0.4, 0.5) is 4.39 Å². The van der Waals surface area contributed by atoms with Gasteiger partial charge in [-0.2, -0.15) is 5.10 Å². The molecule has 8 nitrogen and oxygen atoms in total. The molecule has 4 aromatic rings. The first-order valence-electron chi connectivity index (χ1n) is 9.23. The maximum Gasteiger partial charge on any atom is 0.256 e. The van der Waals surface area contributed by atoms with Crippen molar-refractivity contribution in [1.82, 2.24) is 30.1 Å². The molecule has 29 heavy (non-hydrogen) atoms. The standard InChI is InChI=1S/C20H17FN6O2/c21-16-11-13(5-6-14(16)20(28)26-7-9-29-10-8-26)27-12-18(23-25-27)19-15-3-1-2-4-17(15)22-24-19/h1-6,11-12H,7-10H2,(H,22,24). The zero-order valence-electron chi connectivity index (χ0n) is 15.4. The van der Waals surface area contributed by atoms with Gasteiger partial charge in [-0.15, -0.1) is 5.10 Å². The van der Waals surface area contributed by atoms with Crippen LogP contribution in [-0.4, -0.2) is 62.3 Å². The molecule has 0 aliphatic carbocycles. The third-order valence-electron chi connectivity index (χ3n) is 4.95.